The minimum atomic E-state index is -0.623. The second-order valence-corrected chi connectivity index (χ2v) is 6.42. The molecule has 136 valence electrons. The van der Waals surface area contributed by atoms with E-state index in [2.05, 4.69) is 5.32 Å². The number of halogens is 2. The van der Waals surface area contributed by atoms with Gasteiger partial charge in [0.15, 0.2) is 0 Å². The van der Waals surface area contributed by atoms with Crippen LogP contribution in [0.5, 0.6) is 0 Å². The van der Waals surface area contributed by atoms with Crippen molar-refractivity contribution in [2.45, 2.75) is 25.5 Å². The first kappa shape index (κ1) is 18.2. The fraction of sp³-hybridized carbons (Fsp3) is 0.263. The molecular weight excluding hydrogens is 359 g/mol. The van der Waals surface area contributed by atoms with Gasteiger partial charge in [-0.2, -0.15) is 0 Å². The van der Waals surface area contributed by atoms with E-state index < -0.39 is 18.0 Å². The van der Waals surface area contributed by atoms with Crippen molar-refractivity contribution in [2.75, 3.05) is 11.9 Å². The summed E-state index contributed by atoms with van der Waals surface area (Å²) in [6.07, 6.45) is 0.729. The molecule has 0 aromatic heterocycles. The molecule has 1 saturated heterocycles. The molecule has 1 aliphatic rings. The van der Waals surface area contributed by atoms with E-state index in [1.807, 2.05) is 30.3 Å². The smallest absolute Gasteiger partial charge is 0.410 e. The molecule has 3 rings (SSSR count). The number of nitrogens with zero attached hydrogens (tertiary/aromatic N) is 1. The highest BCUT2D eigenvalue weighted by atomic mass is 35.5. The Morgan fingerprint density at radius 1 is 1.23 bits per heavy atom. The number of likely N-dealkylation sites (tertiary alicyclic amines) is 1. The number of nitrogens with one attached hydrogen (secondary N) is 1. The molecule has 2 aromatic rings. The summed E-state index contributed by atoms with van der Waals surface area (Å²) in [6, 6.07) is 12.6. The molecule has 1 atom stereocenters. The average molecular weight is 377 g/mol. The van der Waals surface area contributed by atoms with Crippen molar-refractivity contribution < 1.29 is 18.7 Å². The second-order valence-electron chi connectivity index (χ2n) is 6.01. The summed E-state index contributed by atoms with van der Waals surface area (Å²) in [6.45, 7) is 0.605. The average Bonchev–Trinajstić information content (AvgIpc) is 3.14. The maximum atomic E-state index is 13.2. The topological polar surface area (TPSA) is 58.6 Å². The molecular formula is C19H18ClFN2O3. The Kier molecular flexibility index (Phi) is 5.73. The molecule has 1 aliphatic heterocycles. The lowest BCUT2D eigenvalue weighted by Gasteiger charge is -2.23. The lowest BCUT2D eigenvalue weighted by atomic mass is 10.2. The summed E-state index contributed by atoms with van der Waals surface area (Å²) in [5, 5.41) is 2.60. The summed E-state index contributed by atoms with van der Waals surface area (Å²) in [7, 11) is 0. The Hall–Kier alpha value is -2.60. The molecule has 2 amide bonds. The van der Waals surface area contributed by atoms with Gasteiger partial charge >= 0.3 is 6.09 Å². The lowest BCUT2D eigenvalue weighted by molar-refractivity contribution is -0.120. The van der Waals surface area contributed by atoms with E-state index >= 15 is 0 Å². The molecule has 0 unspecified atom stereocenters. The number of hydrogen-bond donors (Lipinski definition) is 1. The third-order valence-electron chi connectivity index (χ3n) is 4.18. The highest BCUT2D eigenvalue weighted by Crippen LogP contribution is 2.23. The highest BCUT2D eigenvalue weighted by Gasteiger charge is 2.35. The quantitative estimate of drug-likeness (QED) is 0.869. The Morgan fingerprint density at radius 3 is 2.73 bits per heavy atom. The van der Waals surface area contributed by atoms with Crippen LogP contribution in [0.2, 0.25) is 5.02 Å². The Morgan fingerprint density at radius 2 is 2.00 bits per heavy atom. The summed E-state index contributed by atoms with van der Waals surface area (Å²) >= 11 is 5.72. The number of hydrogen-bond acceptors (Lipinski definition) is 3. The molecule has 0 radical (unpaired) electrons. The molecule has 2 aromatic carbocycles. The van der Waals surface area contributed by atoms with E-state index in [-0.39, 0.29) is 17.5 Å². The number of anilines is 1. The maximum Gasteiger partial charge on any atom is 0.410 e. The maximum absolute atomic E-state index is 13.2. The summed E-state index contributed by atoms with van der Waals surface area (Å²) in [5.74, 6) is -0.904. The van der Waals surface area contributed by atoms with Crippen LogP contribution in [0.25, 0.3) is 0 Å². The van der Waals surface area contributed by atoms with E-state index in [9.17, 15) is 14.0 Å². The first-order valence-electron chi connectivity index (χ1n) is 8.28. The molecule has 0 aliphatic carbocycles. The van der Waals surface area contributed by atoms with Gasteiger partial charge in [-0.05, 0) is 36.6 Å². The Balaban J connectivity index is 1.60. The number of amides is 2. The van der Waals surface area contributed by atoms with Crippen LogP contribution in [-0.2, 0) is 16.1 Å². The zero-order valence-electron chi connectivity index (χ0n) is 14.0. The third-order valence-corrected chi connectivity index (χ3v) is 4.47. The number of carbonyl (C=O) groups is 2. The van der Waals surface area contributed by atoms with Crippen molar-refractivity contribution in [1.29, 1.82) is 0 Å². The first-order valence-corrected chi connectivity index (χ1v) is 8.65. The van der Waals surface area contributed by atoms with Gasteiger partial charge in [-0.1, -0.05) is 41.9 Å². The predicted molar refractivity (Wildman–Crippen MR) is 96.4 cm³/mol. The Bertz CT molecular complexity index is 801. The van der Waals surface area contributed by atoms with E-state index in [0.29, 0.717) is 25.1 Å². The molecule has 26 heavy (non-hydrogen) atoms. The molecule has 0 bridgehead atoms. The van der Waals surface area contributed by atoms with Crippen LogP contribution in [0.1, 0.15) is 18.4 Å². The van der Waals surface area contributed by atoms with E-state index in [1.165, 1.54) is 23.1 Å². The van der Waals surface area contributed by atoms with E-state index in [4.69, 9.17) is 16.3 Å². The molecule has 7 heteroatoms. The molecule has 5 nitrogen and oxygen atoms in total. The van der Waals surface area contributed by atoms with Crippen molar-refractivity contribution in [3.8, 4) is 0 Å². The minimum absolute atomic E-state index is 0.0756. The van der Waals surface area contributed by atoms with Crippen molar-refractivity contribution in [3.63, 3.8) is 0 Å². The molecule has 0 spiro atoms. The second kappa shape index (κ2) is 8.19. The third kappa shape index (κ3) is 4.32. The van der Waals surface area contributed by atoms with Gasteiger partial charge in [0.25, 0.3) is 0 Å². The van der Waals surface area contributed by atoms with Crippen LogP contribution in [0, 0.1) is 5.82 Å². The fourth-order valence-corrected chi connectivity index (χ4v) is 3.04. The summed E-state index contributed by atoms with van der Waals surface area (Å²) in [5.41, 5.74) is 1.26. The van der Waals surface area contributed by atoms with Crippen LogP contribution in [0.4, 0.5) is 14.9 Å². The zero-order valence-corrected chi connectivity index (χ0v) is 14.7. The van der Waals surface area contributed by atoms with Crippen LogP contribution < -0.4 is 5.32 Å². The monoisotopic (exact) mass is 376 g/mol. The molecule has 1 N–H and O–H groups in total. The van der Waals surface area contributed by atoms with Crippen LogP contribution in [0.15, 0.2) is 48.5 Å². The number of ether oxygens (including phenoxy) is 1. The summed E-state index contributed by atoms with van der Waals surface area (Å²) in [4.78, 5) is 26.3. The first-order chi connectivity index (χ1) is 12.5. The number of benzene rings is 2. The number of carbonyl (C=O) groups excluding carboxylic acids is 2. The van der Waals surface area contributed by atoms with Gasteiger partial charge < -0.3 is 10.1 Å². The van der Waals surface area contributed by atoms with Gasteiger partial charge in [0, 0.05) is 12.2 Å². The van der Waals surface area contributed by atoms with Gasteiger partial charge in [0.2, 0.25) is 5.91 Å². The number of rotatable bonds is 4. The Labute approximate surface area is 155 Å². The summed E-state index contributed by atoms with van der Waals surface area (Å²) < 4.78 is 18.5. The SMILES string of the molecule is O=C(Nc1ccc(F)c(Cl)c1)[C@@H]1CCCN1C(=O)OCc1ccccc1. The molecule has 1 heterocycles. The van der Waals surface area contributed by atoms with Gasteiger partial charge in [0.1, 0.15) is 18.5 Å². The zero-order chi connectivity index (χ0) is 18.5. The standard InChI is InChI=1S/C19H18ClFN2O3/c20-15-11-14(8-9-16(15)21)22-18(24)17-7-4-10-23(17)19(25)26-12-13-5-2-1-3-6-13/h1-3,5-6,8-9,11,17H,4,7,10,12H2,(H,22,24)/t17-/m0/s1. The van der Waals surface area contributed by atoms with E-state index in [1.54, 1.807) is 0 Å². The van der Waals surface area contributed by atoms with Crippen molar-refractivity contribution in [1.82, 2.24) is 4.90 Å². The van der Waals surface area contributed by atoms with Crippen molar-refractivity contribution in [3.05, 3.63) is 64.9 Å². The van der Waals surface area contributed by atoms with Gasteiger partial charge in [-0.3, -0.25) is 9.69 Å². The van der Waals surface area contributed by atoms with Crippen LogP contribution >= 0.6 is 11.6 Å². The predicted octanol–water partition coefficient (Wildman–Crippen LogP) is 4.22. The van der Waals surface area contributed by atoms with Crippen LogP contribution in [0.3, 0.4) is 0 Å². The van der Waals surface area contributed by atoms with E-state index in [0.717, 1.165) is 5.56 Å². The van der Waals surface area contributed by atoms with Gasteiger partial charge in [0.05, 0.1) is 5.02 Å². The molecule has 0 saturated carbocycles. The fourth-order valence-electron chi connectivity index (χ4n) is 2.86. The van der Waals surface area contributed by atoms with Crippen LogP contribution in [-0.4, -0.2) is 29.5 Å². The van der Waals surface area contributed by atoms with Gasteiger partial charge in [-0.25, -0.2) is 9.18 Å². The highest BCUT2D eigenvalue weighted by molar-refractivity contribution is 6.31. The lowest BCUT2D eigenvalue weighted by Crippen LogP contribution is -2.43. The van der Waals surface area contributed by atoms with Crippen molar-refractivity contribution in [2.24, 2.45) is 0 Å². The van der Waals surface area contributed by atoms with Crippen molar-refractivity contribution >= 4 is 29.3 Å². The molecule has 1 fully saturated rings. The van der Waals surface area contributed by atoms with Gasteiger partial charge in [-0.15, -0.1) is 0 Å². The minimum Gasteiger partial charge on any atom is -0.445 e. The largest absolute Gasteiger partial charge is 0.445 e. The normalized spacial score (nSPS) is 16.4.